The number of aromatic nitrogens is 1. The van der Waals surface area contributed by atoms with E-state index in [1.165, 1.54) is 24.3 Å². The maximum absolute atomic E-state index is 12.0. The van der Waals surface area contributed by atoms with Crippen LogP contribution >= 0.6 is 11.6 Å². The Kier molecular flexibility index (Phi) is 4.80. The highest BCUT2D eigenvalue weighted by Crippen LogP contribution is 2.15. The van der Waals surface area contributed by atoms with Gasteiger partial charge in [0.15, 0.2) is 0 Å². The van der Waals surface area contributed by atoms with E-state index in [4.69, 9.17) is 11.6 Å². The van der Waals surface area contributed by atoms with Crippen molar-refractivity contribution in [3.05, 3.63) is 52.7 Å². The van der Waals surface area contributed by atoms with Gasteiger partial charge in [-0.3, -0.25) is 20.4 Å². The summed E-state index contributed by atoms with van der Waals surface area (Å²) in [6.45, 7) is 0. The first-order chi connectivity index (χ1) is 10.5. The molecule has 0 fully saturated rings. The molecule has 0 saturated heterocycles. The van der Waals surface area contributed by atoms with Crippen molar-refractivity contribution < 1.29 is 14.7 Å². The minimum absolute atomic E-state index is 0.0477. The van der Waals surface area contributed by atoms with E-state index in [1.807, 2.05) is 0 Å². The number of benzene rings is 1. The lowest BCUT2D eigenvalue weighted by atomic mass is 10.2. The van der Waals surface area contributed by atoms with Gasteiger partial charge >= 0.3 is 0 Å². The summed E-state index contributed by atoms with van der Waals surface area (Å²) in [5.41, 5.74) is 4.72. The molecular formula is C14H13ClN4O3. The second kappa shape index (κ2) is 6.77. The Labute approximate surface area is 131 Å². The van der Waals surface area contributed by atoms with Crippen molar-refractivity contribution in [3.63, 3.8) is 0 Å². The van der Waals surface area contributed by atoms with Crippen LogP contribution in [0.5, 0.6) is 5.75 Å². The molecule has 7 nitrogen and oxygen atoms in total. The van der Waals surface area contributed by atoms with Crippen LogP contribution in [0.2, 0.25) is 5.15 Å². The second-order valence-corrected chi connectivity index (χ2v) is 4.63. The summed E-state index contributed by atoms with van der Waals surface area (Å²) in [7, 11) is 1.64. The summed E-state index contributed by atoms with van der Waals surface area (Å²) in [4.78, 5) is 27.8. The molecule has 0 spiro atoms. The molecule has 0 bridgehead atoms. The lowest BCUT2D eigenvalue weighted by Gasteiger charge is -2.09. The zero-order valence-corrected chi connectivity index (χ0v) is 12.3. The Morgan fingerprint density at radius 2 is 1.82 bits per heavy atom. The van der Waals surface area contributed by atoms with Gasteiger partial charge in [0.25, 0.3) is 11.8 Å². The molecule has 0 aliphatic rings. The summed E-state index contributed by atoms with van der Waals surface area (Å²) in [6, 6.07) is 8.83. The first kappa shape index (κ1) is 15.6. The predicted octanol–water partition coefficient (Wildman–Crippen LogP) is 1.56. The summed E-state index contributed by atoms with van der Waals surface area (Å²) >= 11 is 5.80. The number of carbonyl (C=O) groups is 2. The Morgan fingerprint density at radius 3 is 2.50 bits per heavy atom. The number of aromatic hydroxyl groups is 1. The van der Waals surface area contributed by atoms with E-state index >= 15 is 0 Å². The van der Waals surface area contributed by atoms with E-state index in [2.05, 4.69) is 21.2 Å². The molecule has 8 heteroatoms. The van der Waals surface area contributed by atoms with Crippen LogP contribution in [0, 0.1) is 0 Å². The van der Waals surface area contributed by atoms with Crippen molar-refractivity contribution in [1.82, 2.24) is 15.8 Å². The fourth-order valence-corrected chi connectivity index (χ4v) is 1.88. The zero-order chi connectivity index (χ0) is 16.1. The number of hydrogen-bond donors (Lipinski definition) is 4. The van der Waals surface area contributed by atoms with Gasteiger partial charge in [0.2, 0.25) is 0 Å². The van der Waals surface area contributed by atoms with E-state index in [0.29, 0.717) is 5.82 Å². The highest BCUT2D eigenvalue weighted by molar-refractivity contribution is 6.29. The van der Waals surface area contributed by atoms with Crippen LogP contribution in [0.3, 0.4) is 0 Å². The maximum Gasteiger partial charge on any atom is 0.273 e. The first-order valence-corrected chi connectivity index (χ1v) is 6.63. The van der Waals surface area contributed by atoms with E-state index in [-0.39, 0.29) is 22.0 Å². The Hall–Kier alpha value is -2.80. The van der Waals surface area contributed by atoms with Gasteiger partial charge in [-0.2, -0.15) is 0 Å². The number of para-hydroxylation sites is 1. The van der Waals surface area contributed by atoms with Crippen LogP contribution in [-0.4, -0.2) is 29.0 Å². The van der Waals surface area contributed by atoms with Crippen molar-refractivity contribution >= 4 is 29.2 Å². The molecule has 1 heterocycles. The molecule has 1 aromatic heterocycles. The first-order valence-electron chi connectivity index (χ1n) is 6.25. The standard InChI is InChI=1S/C14H13ClN4O3/c1-16-12-7-8(6-11(15)17-12)13(21)18-19-14(22)9-4-2-3-5-10(9)20/h2-7,20H,1H3,(H,16,17)(H,18,21)(H,19,22). The molecule has 0 aliphatic heterocycles. The van der Waals surface area contributed by atoms with Crippen molar-refractivity contribution in [1.29, 1.82) is 0 Å². The monoisotopic (exact) mass is 320 g/mol. The summed E-state index contributed by atoms with van der Waals surface area (Å²) in [5.74, 6) is -0.964. The highest BCUT2D eigenvalue weighted by atomic mass is 35.5. The molecule has 0 unspecified atom stereocenters. The van der Waals surface area contributed by atoms with E-state index in [9.17, 15) is 14.7 Å². The number of hydrogen-bond acceptors (Lipinski definition) is 5. The minimum Gasteiger partial charge on any atom is -0.507 e. The van der Waals surface area contributed by atoms with Gasteiger partial charge in [-0.05, 0) is 24.3 Å². The lowest BCUT2D eigenvalue weighted by Crippen LogP contribution is -2.41. The number of phenols is 1. The highest BCUT2D eigenvalue weighted by Gasteiger charge is 2.13. The molecule has 22 heavy (non-hydrogen) atoms. The van der Waals surface area contributed by atoms with Crippen LogP contribution < -0.4 is 16.2 Å². The number of rotatable bonds is 3. The van der Waals surface area contributed by atoms with Crippen molar-refractivity contribution in [2.24, 2.45) is 0 Å². The van der Waals surface area contributed by atoms with E-state index < -0.39 is 11.8 Å². The number of carbonyl (C=O) groups excluding carboxylic acids is 2. The molecule has 0 saturated carbocycles. The predicted molar refractivity (Wildman–Crippen MR) is 81.8 cm³/mol. The number of nitrogens with one attached hydrogen (secondary N) is 3. The van der Waals surface area contributed by atoms with Gasteiger partial charge in [-0.25, -0.2) is 4.98 Å². The van der Waals surface area contributed by atoms with E-state index in [1.54, 1.807) is 19.2 Å². The second-order valence-electron chi connectivity index (χ2n) is 4.24. The number of anilines is 1. The van der Waals surface area contributed by atoms with Gasteiger partial charge in [0.05, 0.1) is 5.56 Å². The Morgan fingerprint density at radius 1 is 1.14 bits per heavy atom. The average molecular weight is 321 g/mol. The van der Waals surface area contributed by atoms with Crippen molar-refractivity contribution in [3.8, 4) is 5.75 Å². The topological polar surface area (TPSA) is 103 Å². The third-order valence-corrected chi connectivity index (χ3v) is 2.94. The van der Waals surface area contributed by atoms with Crippen molar-refractivity contribution in [2.75, 3.05) is 12.4 Å². The molecule has 2 rings (SSSR count). The number of amides is 2. The minimum atomic E-state index is -0.638. The SMILES string of the molecule is CNc1cc(C(=O)NNC(=O)c2ccccc2O)cc(Cl)n1. The molecule has 4 N–H and O–H groups in total. The Balaban J connectivity index is 2.05. The number of halogens is 1. The van der Waals surface area contributed by atoms with E-state index in [0.717, 1.165) is 0 Å². The quantitative estimate of drug-likeness (QED) is 0.507. The smallest absolute Gasteiger partial charge is 0.273 e. The van der Waals surface area contributed by atoms with Gasteiger partial charge < -0.3 is 10.4 Å². The summed E-state index contributed by atoms with van der Waals surface area (Å²) < 4.78 is 0. The third-order valence-electron chi connectivity index (χ3n) is 2.75. The fraction of sp³-hybridized carbons (Fsp3) is 0.0714. The number of hydrazine groups is 1. The summed E-state index contributed by atoms with van der Waals surface area (Å²) in [5, 5.41) is 12.5. The molecule has 0 aliphatic carbocycles. The molecule has 0 radical (unpaired) electrons. The maximum atomic E-state index is 12.0. The summed E-state index contributed by atoms with van der Waals surface area (Å²) in [6.07, 6.45) is 0. The third kappa shape index (κ3) is 3.64. The van der Waals surface area contributed by atoms with Crippen LogP contribution in [-0.2, 0) is 0 Å². The Bertz CT molecular complexity index is 721. The van der Waals surface area contributed by atoms with Gasteiger partial charge in [-0.15, -0.1) is 0 Å². The number of pyridine rings is 1. The van der Waals surface area contributed by atoms with Gasteiger partial charge in [0.1, 0.15) is 16.7 Å². The van der Waals surface area contributed by atoms with Crippen LogP contribution in [0.4, 0.5) is 5.82 Å². The zero-order valence-electron chi connectivity index (χ0n) is 11.6. The van der Waals surface area contributed by atoms with Crippen molar-refractivity contribution in [2.45, 2.75) is 0 Å². The van der Waals surface area contributed by atoms with Crippen LogP contribution in [0.1, 0.15) is 20.7 Å². The fourth-order valence-electron chi connectivity index (χ4n) is 1.67. The van der Waals surface area contributed by atoms with Gasteiger partial charge in [-0.1, -0.05) is 23.7 Å². The number of phenolic OH excluding ortho intramolecular Hbond substituents is 1. The van der Waals surface area contributed by atoms with Gasteiger partial charge in [0, 0.05) is 12.6 Å². The van der Waals surface area contributed by atoms with Crippen LogP contribution in [0.25, 0.3) is 0 Å². The largest absolute Gasteiger partial charge is 0.507 e. The normalized spacial score (nSPS) is 9.91. The molecule has 2 amide bonds. The molecule has 1 aromatic carbocycles. The number of nitrogens with zero attached hydrogens (tertiary/aromatic N) is 1. The molecule has 114 valence electrons. The lowest BCUT2D eigenvalue weighted by molar-refractivity contribution is 0.0845. The average Bonchev–Trinajstić information content (AvgIpc) is 2.52. The molecule has 2 aromatic rings. The molecule has 0 atom stereocenters. The van der Waals surface area contributed by atoms with Crippen LogP contribution in [0.15, 0.2) is 36.4 Å². The molecular weight excluding hydrogens is 308 g/mol.